The van der Waals surface area contributed by atoms with Crippen molar-refractivity contribution in [2.24, 2.45) is 5.92 Å². The average molecular weight is 196 g/mol. The van der Waals surface area contributed by atoms with Crippen LogP contribution < -0.4 is 5.32 Å². The Hall–Kier alpha value is -0.900. The number of nitrogens with one attached hydrogen (secondary N) is 1. The second-order valence-electron chi connectivity index (χ2n) is 4.35. The number of hydrogen-bond donors (Lipinski definition) is 1. The van der Waals surface area contributed by atoms with Crippen LogP contribution >= 0.6 is 0 Å². The van der Waals surface area contributed by atoms with E-state index in [2.05, 4.69) is 12.2 Å². The Kier molecular flexibility index (Phi) is 2.54. The number of hydrogen-bond acceptors (Lipinski definition) is 3. The highest BCUT2D eigenvalue weighted by atomic mass is 16.2. The highest BCUT2D eigenvalue weighted by Gasteiger charge is 2.33. The fourth-order valence-electron chi connectivity index (χ4n) is 2.56. The minimum absolute atomic E-state index is 0.152. The lowest BCUT2D eigenvalue weighted by atomic mass is 10.0. The van der Waals surface area contributed by atoms with E-state index in [0.29, 0.717) is 25.0 Å². The number of amides is 2. The fourth-order valence-corrected chi connectivity index (χ4v) is 2.56. The van der Waals surface area contributed by atoms with Crippen molar-refractivity contribution in [1.82, 2.24) is 10.2 Å². The number of imide groups is 1. The van der Waals surface area contributed by atoms with Gasteiger partial charge in [0.25, 0.3) is 0 Å². The first kappa shape index (κ1) is 9.65. The van der Waals surface area contributed by atoms with E-state index in [1.165, 1.54) is 12.8 Å². The number of carbonyl (C=O) groups is 2. The lowest BCUT2D eigenvalue weighted by molar-refractivity contribution is -0.137. The average Bonchev–Trinajstić information content (AvgIpc) is 2.49. The maximum atomic E-state index is 11.2. The van der Waals surface area contributed by atoms with Crippen molar-refractivity contribution in [3.63, 3.8) is 0 Å². The van der Waals surface area contributed by atoms with Crippen LogP contribution in [0.1, 0.15) is 26.2 Å². The van der Waals surface area contributed by atoms with Crippen molar-refractivity contribution >= 4 is 11.8 Å². The summed E-state index contributed by atoms with van der Waals surface area (Å²) in [6, 6.07) is 0.435. The molecule has 14 heavy (non-hydrogen) atoms. The molecule has 1 saturated heterocycles. The molecule has 0 aromatic carbocycles. The van der Waals surface area contributed by atoms with Crippen LogP contribution in [-0.2, 0) is 9.59 Å². The molecule has 78 valence electrons. The zero-order chi connectivity index (χ0) is 10.1. The molecular weight excluding hydrogens is 180 g/mol. The van der Waals surface area contributed by atoms with Gasteiger partial charge in [0, 0.05) is 6.04 Å². The quantitative estimate of drug-likeness (QED) is 0.607. The number of rotatable bonds is 1. The normalized spacial score (nSPS) is 34.6. The van der Waals surface area contributed by atoms with Gasteiger partial charge in [-0.1, -0.05) is 13.3 Å². The highest BCUT2D eigenvalue weighted by molar-refractivity contribution is 5.99. The topological polar surface area (TPSA) is 49.4 Å². The molecule has 0 bridgehead atoms. The van der Waals surface area contributed by atoms with Crippen LogP contribution in [0.15, 0.2) is 0 Å². The first-order valence-electron chi connectivity index (χ1n) is 5.23. The molecule has 1 aliphatic heterocycles. The van der Waals surface area contributed by atoms with Gasteiger partial charge >= 0.3 is 0 Å². The smallest absolute Gasteiger partial charge is 0.240 e. The van der Waals surface area contributed by atoms with Gasteiger partial charge in [-0.3, -0.25) is 19.8 Å². The van der Waals surface area contributed by atoms with Crippen LogP contribution in [-0.4, -0.2) is 35.8 Å². The summed E-state index contributed by atoms with van der Waals surface area (Å²) in [5.41, 5.74) is 0. The molecular formula is C10H16N2O2. The van der Waals surface area contributed by atoms with Crippen molar-refractivity contribution in [1.29, 1.82) is 0 Å². The van der Waals surface area contributed by atoms with E-state index in [1.807, 2.05) is 4.90 Å². The number of piperazine rings is 1. The second kappa shape index (κ2) is 3.69. The van der Waals surface area contributed by atoms with Crippen LogP contribution in [0.2, 0.25) is 0 Å². The van der Waals surface area contributed by atoms with Crippen molar-refractivity contribution in [3.8, 4) is 0 Å². The predicted molar refractivity (Wildman–Crippen MR) is 51.5 cm³/mol. The van der Waals surface area contributed by atoms with Gasteiger partial charge in [-0.05, 0) is 18.8 Å². The molecule has 2 amide bonds. The maximum absolute atomic E-state index is 11.2. The molecule has 0 aromatic rings. The van der Waals surface area contributed by atoms with Gasteiger partial charge in [0.15, 0.2) is 0 Å². The van der Waals surface area contributed by atoms with E-state index in [-0.39, 0.29) is 11.8 Å². The Balaban J connectivity index is 2.02. The van der Waals surface area contributed by atoms with Gasteiger partial charge in [0.05, 0.1) is 13.1 Å². The summed E-state index contributed by atoms with van der Waals surface area (Å²) in [6.45, 7) is 2.98. The maximum Gasteiger partial charge on any atom is 0.240 e. The van der Waals surface area contributed by atoms with Crippen molar-refractivity contribution in [2.75, 3.05) is 13.1 Å². The summed E-state index contributed by atoms with van der Waals surface area (Å²) in [5, 5.41) is 2.33. The van der Waals surface area contributed by atoms with E-state index in [9.17, 15) is 9.59 Å². The van der Waals surface area contributed by atoms with Crippen LogP contribution in [0.3, 0.4) is 0 Å². The third-order valence-electron chi connectivity index (χ3n) is 3.26. The zero-order valence-corrected chi connectivity index (χ0v) is 8.45. The molecule has 0 aromatic heterocycles. The summed E-state index contributed by atoms with van der Waals surface area (Å²) < 4.78 is 0. The van der Waals surface area contributed by atoms with Crippen molar-refractivity contribution in [2.45, 2.75) is 32.2 Å². The van der Waals surface area contributed by atoms with Crippen LogP contribution in [0.4, 0.5) is 0 Å². The van der Waals surface area contributed by atoms with Gasteiger partial charge in [-0.2, -0.15) is 0 Å². The molecule has 1 saturated carbocycles. The first-order valence-corrected chi connectivity index (χ1v) is 5.23. The van der Waals surface area contributed by atoms with Crippen LogP contribution in [0.25, 0.3) is 0 Å². The molecule has 0 spiro atoms. The fraction of sp³-hybridized carbons (Fsp3) is 0.800. The molecule has 2 rings (SSSR count). The monoisotopic (exact) mass is 196 g/mol. The van der Waals surface area contributed by atoms with E-state index in [0.717, 1.165) is 6.42 Å². The first-order chi connectivity index (χ1) is 6.66. The Labute approximate surface area is 83.6 Å². The van der Waals surface area contributed by atoms with Gasteiger partial charge in [-0.15, -0.1) is 0 Å². The summed E-state index contributed by atoms with van der Waals surface area (Å²) in [7, 11) is 0. The minimum atomic E-state index is -0.152. The van der Waals surface area contributed by atoms with Gasteiger partial charge in [0.1, 0.15) is 0 Å². The molecule has 2 atom stereocenters. The Morgan fingerprint density at radius 1 is 1.21 bits per heavy atom. The molecule has 4 heteroatoms. The van der Waals surface area contributed by atoms with Crippen LogP contribution in [0, 0.1) is 5.92 Å². The highest BCUT2D eigenvalue weighted by Crippen LogP contribution is 2.29. The van der Waals surface area contributed by atoms with Gasteiger partial charge in [0.2, 0.25) is 11.8 Å². The summed E-state index contributed by atoms with van der Waals surface area (Å²) >= 11 is 0. The standard InChI is InChI=1S/C10H16N2O2/c1-7-3-2-4-8(7)12-5-9(13)11-10(14)6-12/h7-8H,2-6H2,1H3,(H,11,13,14). The zero-order valence-electron chi connectivity index (χ0n) is 8.45. The minimum Gasteiger partial charge on any atom is -0.294 e. The van der Waals surface area contributed by atoms with E-state index in [4.69, 9.17) is 0 Å². The van der Waals surface area contributed by atoms with Gasteiger partial charge < -0.3 is 0 Å². The van der Waals surface area contributed by atoms with E-state index >= 15 is 0 Å². The summed E-state index contributed by atoms with van der Waals surface area (Å²) in [5.74, 6) is 0.314. The SMILES string of the molecule is CC1CCCC1N1CC(=O)NC(=O)C1. The predicted octanol–water partition coefficient (Wildman–Crippen LogP) is 0.133. The third kappa shape index (κ3) is 1.80. The summed E-state index contributed by atoms with van der Waals surface area (Å²) in [6.07, 6.45) is 3.57. The Morgan fingerprint density at radius 3 is 2.36 bits per heavy atom. The second-order valence-corrected chi connectivity index (χ2v) is 4.35. The number of nitrogens with zero attached hydrogens (tertiary/aromatic N) is 1. The molecule has 4 nitrogen and oxygen atoms in total. The van der Waals surface area contributed by atoms with E-state index < -0.39 is 0 Å². The molecule has 0 radical (unpaired) electrons. The van der Waals surface area contributed by atoms with Crippen LogP contribution in [0.5, 0.6) is 0 Å². The largest absolute Gasteiger partial charge is 0.294 e. The molecule has 2 fully saturated rings. The molecule has 1 heterocycles. The lowest BCUT2D eigenvalue weighted by Gasteiger charge is -2.33. The Bertz CT molecular complexity index is 249. The van der Waals surface area contributed by atoms with E-state index in [1.54, 1.807) is 0 Å². The van der Waals surface area contributed by atoms with Gasteiger partial charge in [-0.25, -0.2) is 0 Å². The van der Waals surface area contributed by atoms with Crippen molar-refractivity contribution in [3.05, 3.63) is 0 Å². The summed E-state index contributed by atoms with van der Waals surface area (Å²) in [4.78, 5) is 24.4. The van der Waals surface area contributed by atoms with Crippen molar-refractivity contribution < 1.29 is 9.59 Å². The Morgan fingerprint density at radius 2 is 1.86 bits per heavy atom. The third-order valence-corrected chi connectivity index (χ3v) is 3.26. The molecule has 1 N–H and O–H groups in total. The molecule has 2 unspecified atom stereocenters. The molecule has 1 aliphatic carbocycles. The molecule has 2 aliphatic rings. The lowest BCUT2D eigenvalue weighted by Crippen LogP contribution is -2.55. The number of carbonyl (C=O) groups excluding carboxylic acids is 2.